The number of thiophene rings is 1. The number of nitrogens with one attached hydrogen (secondary N) is 1. The molecule has 1 N–H and O–H groups in total. The Balaban J connectivity index is 1.63. The number of amides is 1. The molecule has 1 aromatic heterocycles. The van der Waals surface area contributed by atoms with Crippen molar-refractivity contribution in [2.45, 2.75) is 25.7 Å². The van der Waals surface area contributed by atoms with Crippen LogP contribution in [0.25, 0.3) is 0 Å². The van der Waals surface area contributed by atoms with Gasteiger partial charge in [0.2, 0.25) is 0 Å². The number of aliphatic imine (C=N–C) groups is 1. The first-order valence-electron chi connectivity index (χ1n) is 10.1. The third-order valence-electron chi connectivity index (χ3n) is 4.97. The number of fused-ring (bicyclic) bond motifs is 1. The van der Waals surface area contributed by atoms with E-state index in [2.05, 4.69) is 11.9 Å². The van der Waals surface area contributed by atoms with Crippen LogP contribution >= 0.6 is 11.3 Å². The predicted octanol–water partition coefficient (Wildman–Crippen LogP) is 6.19. The minimum absolute atomic E-state index is 0.0872. The molecule has 4 rings (SSSR count). The zero-order valence-corrected chi connectivity index (χ0v) is 17.6. The molecule has 2 aromatic carbocycles. The van der Waals surface area contributed by atoms with Gasteiger partial charge in [0.05, 0.1) is 5.56 Å². The zero-order valence-electron chi connectivity index (χ0n) is 16.8. The fourth-order valence-corrected chi connectivity index (χ4v) is 4.80. The third kappa shape index (κ3) is 4.69. The van der Waals surface area contributed by atoms with Crippen LogP contribution in [-0.4, -0.2) is 18.7 Å². The first kappa shape index (κ1) is 20.1. The normalized spacial score (nSPS) is 13.1. The van der Waals surface area contributed by atoms with Gasteiger partial charge in [-0.3, -0.25) is 4.79 Å². The molecule has 0 bridgehead atoms. The van der Waals surface area contributed by atoms with Gasteiger partial charge in [-0.05, 0) is 61.1 Å². The quantitative estimate of drug-likeness (QED) is 0.368. The summed E-state index contributed by atoms with van der Waals surface area (Å²) >= 11 is 1.63. The lowest BCUT2D eigenvalue weighted by molar-refractivity contribution is 0.102. The molecule has 1 aliphatic carbocycles. The van der Waals surface area contributed by atoms with Crippen LogP contribution in [-0.2, 0) is 12.8 Å². The van der Waals surface area contributed by atoms with E-state index in [4.69, 9.17) is 9.73 Å². The second kappa shape index (κ2) is 9.55. The molecular formula is C25H24N2O2S. The van der Waals surface area contributed by atoms with Crippen LogP contribution in [0.4, 0.5) is 10.7 Å². The van der Waals surface area contributed by atoms with Gasteiger partial charge in [0, 0.05) is 16.8 Å². The van der Waals surface area contributed by atoms with E-state index in [1.165, 1.54) is 11.3 Å². The SMILES string of the molecule is C=CCOc1cccc(C=Nc2sc3c(c2C(=O)Nc2ccccc2)CCCC3)c1. The number of nitrogens with zero attached hydrogens (tertiary/aromatic N) is 1. The van der Waals surface area contributed by atoms with Crippen molar-refractivity contribution in [1.29, 1.82) is 0 Å². The topological polar surface area (TPSA) is 50.7 Å². The minimum Gasteiger partial charge on any atom is -0.490 e. The minimum atomic E-state index is -0.0872. The number of benzene rings is 2. The molecule has 4 nitrogen and oxygen atoms in total. The van der Waals surface area contributed by atoms with Gasteiger partial charge in [-0.2, -0.15) is 0 Å². The Morgan fingerprint density at radius 3 is 2.80 bits per heavy atom. The van der Waals surface area contributed by atoms with Crippen molar-refractivity contribution in [1.82, 2.24) is 0 Å². The first-order chi connectivity index (χ1) is 14.7. The second-order valence-electron chi connectivity index (χ2n) is 7.14. The van der Waals surface area contributed by atoms with Crippen LogP contribution in [0.15, 0.2) is 72.2 Å². The molecule has 0 radical (unpaired) electrons. The molecular weight excluding hydrogens is 392 g/mol. The summed E-state index contributed by atoms with van der Waals surface area (Å²) < 4.78 is 5.60. The van der Waals surface area contributed by atoms with E-state index < -0.39 is 0 Å². The standard InChI is InChI=1S/C25H24N2O2S/c1-2-15-29-20-12-8-9-18(16-20)17-26-25-23(21-13-6-7-14-22(21)30-25)24(28)27-19-10-4-3-5-11-19/h2-5,8-12,16-17H,1,6-7,13-15H2,(H,27,28). The maximum absolute atomic E-state index is 13.1. The van der Waals surface area contributed by atoms with Gasteiger partial charge in [0.1, 0.15) is 17.4 Å². The van der Waals surface area contributed by atoms with Gasteiger partial charge in [-0.15, -0.1) is 11.3 Å². The Labute approximate surface area is 180 Å². The Morgan fingerprint density at radius 2 is 1.97 bits per heavy atom. The molecule has 5 heteroatoms. The molecule has 0 aliphatic heterocycles. The lowest BCUT2D eigenvalue weighted by Crippen LogP contribution is -2.14. The number of carbonyl (C=O) groups excluding carboxylic acids is 1. The van der Waals surface area contributed by atoms with Crippen molar-refractivity contribution in [3.8, 4) is 5.75 Å². The molecule has 0 spiro atoms. The van der Waals surface area contributed by atoms with E-state index in [1.54, 1.807) is 23.6 Å². The van der Waals surface area contributed by atoms with Gasteiger partial charge in [0.15, 0.2) is 0 Å². The lowest BCUT2D eigenvalue weighted by Gasteiger charge is -2.12. The molecule has 0 atom stereocenters. The van der Waals surface area contributed by atoms with Gasteiger partial charge >= 0.3 is 0 Å². The Morgan fingerprint density at radius 1 is 1.13 bits per heavy atom. The fraction of sp³-hybridized carbons (Fsp3) is 0.200. The summed E-state index contributed by atoms with van der Waals surface area (Å²) in [5.74, 6) is 0.683. The molecule has 30 heavy (non-hydrogen) atoms. The highest BCUT2D eigenvalue weighted by Crippen LogP contribution is 2.40. The summed E-state index contributed by atoms with van der Waals surface area (Å²) in [6.07, 6.45) is 7.75. The highest BCUT2D eigenvalue weighted by molar-refractivity contribution is 7.16. The van der Waals surface area contributed by atoms with Crippen LogP contribution < -0.4 is 10.1 Å². The van der Waals surface area contributed by atoms with Crippen molar-refractivity contribution in [2.24, 2.45) is 4.99 Å². The number of para-hydroxylation sites is 1. The molecule has 1 heterocycles. The largest absolute Gasteiger partial charge is 0.490 e. The van der Waals surface area contributed by atoms with Crippen molar-refractivity contribution in [3.05, 3.63) is 88.8 Å². The highest BCUT2D eigenvalue weighted by Gasteiger charge is 2.25. The van der Waals surface area contributed by atoms with E-state index in [0.29, 0.717) is 12.2 Å². The van der Waals surface area contributed by atoms with Crippen LogP contribution in [0.3, 0.4) is 0 Å². The van der Waals surface area contributed by atoms with E-state index in [9.17, 15) is 4.79 Å². The van der Waals surface area contributed by atoms with E-state index in [0.717, 1.165) is 46.8 Å². The molecule has 3 aromatic rings. The van der Waals surface area contributed by atoms with Gasteiger partial charge in [-0.1, -0.05) is 43.0 Å². The number of carbonyl (C=O) groups is 1. The van der Waals surface area contributed by atoms with Crippen molar-refractivity contribution < 1.29 is 9.53 Å². The summed E-state index contributed by atoms with van der Waals surface area (Å²) in [6.45, 7) is 4.13. The maximum atomic E-state index is 13.1. The number of ether oxygens (including phenoxy) is 1. The molecule has 0 unspecified atom stereocenters. The lowest BCUT2D eigenvalue weighted by atomic mass is 9.95. The number of rotatable bonds is 7. The Hall–Kier alpha value is -3.18. The van der Waals surface area contributed by atoms with Crippen LogP contribution in [0, 0.1) is 0 Å². The van der Waals surface area contributed by atoms with Crippen molar-refractivity contribution in [3.63, 3.8) is 0 Å². The molecule has 0 fully saturated rings. The van der Waals surface area contributed by atoms with Crippen LogP contribution in [0.5, 0.6) is 5.75 Å². The molecule has 0 saturated heterocycles. The first-order valence-corrected chi connectivity index (χ1v) is 10.9. The summed E-state index contributed by atoms with van der Waals surface area (Å²) in [7, 11) is 0. The van der Waals surface area contributed by atoms with E-state index >= 15 is 0 Å². The smallest absolute Gasteiger partial charge is 0.259 e. The molecule has 1 aliphatic rings. The van der Waals surface area contributed by atoms with Gasteiger partial charge in [-0.25, -0.2) is 4.99 Å². The number of hydrogen-bond donors (Lipinski definition) is 1. The average molecular weight is 417 g/mol. The average Bonchev–Trinajstić information content (AvgIpc) is 3.16. The highest BCUT2D eigenvalue weighted by atomic mass is 32.1. The number of hydrogen-bond acceptors (Lipinski definition) is 4. The predicted molar refractivity (Wildman–Crippen MR) is 125 cm³/mol. The van der Waals surface area contributed by atoms with Gasteiger partial charge < -0.3 is 10.1 Å². The number of anilines is 1. The monoisotopic (exact) mass is 416 g/mol. The van der Waals surface area contributed by atoms with Crippen LogP contribution in [0.2, 0.25) is 0 Å². The summed E-state index contributed by atoms with van der Waals surface area (Å²) in [6, 6.07) is 17.3. The summed E-state index contributed by atoms with van der Waals surface area (Å²) in [4.78, 5) is 19.2. The second-order valence-corrected chi connectivity index (χ2v) is 8.23. The van der Waals surface area contributed by atoms with Crippen molar-refractivity contribution >= 4 is 34.1 Å². The van der Waals surface area contributed by atoms with Crippen LogP contribution in [0.1, 0.15) is 39.2 Å². The van der Waals surface area contributed by atoms with E-state index in [1.807, 2.05) is 54.6 Å². The summed E-state index contributed by atoms with van der Waals surface area (Å²) in [5, 5.41) is 3.80. The number of aryl methyl sites for hydroxylation is 1. The maximum Gasteiger partial charge on any atom is 0.259 e. The summed E-state index contributed by atoms with van der Waals surface area (Å²) in [5.41, 5.74) is 3.60. The van der Waals surface area contributed by atoms with E-state index in [-0.39, 0.29) is 5.91 Å². The Kier molecular flexibility index (Phi) is 6.40. The fourth-order valence-electron chi connectivity index (χ4n) is 3.56. The Bertz CT molecular complexity index is 1070. The van der Waals surface area contributed by atoms with Gasteiger partial charge in [0.25, 0.3) is 5.91 Å². The molecule has 1 amide bonds. The van der Waals surface area contributed by atoms with Crippen molar-refractivity contribution in [2.75, 3.05) is 11.9 Å². The molecule has 0 saturated carbocycles. The third-order valence-corrected chi connectivity index (χ3v) is 6.17. The zero-order chi connectivity index (χ0) is 20.8. The molecule has 152 valence electrons.